The number of esters is 1. The minimum absolute atomic E-state index is 0.0778. The molecule has 3 aromatic heterocycles. The Bertz CT molecular complexity index is 2150. The Balaban J connectivity index is 1.26. The van der Waals surface area contributed by atoms with Crippen LogP contribution in [0.2, 0.25) is 0 Å². The highest BCUT2D eigenvalue weighted by Gasteiger charge is 2.54. The molecule has 0 saturated carbocycles. The van der Waals surface area contributed by atoms with Gasteiger partial charge in [-0.2, -0.15) is 15.1 Å². The first-order valence-corrected chi connectivity index (χ1v) is 17.5. The van der Waals surface area contributed by atoms with Crippen molar-refractivity contribution < 1.29 is 51.6 Å². The molecule has 4 heterocycles. The van der Waals surface area contributed by atoms with Crippen LogP contribution in [0.1, 0.15) is 32.6 Å². The summed E-state index contributed by atoms with van der Waals surface area (Å²) in [6, 6.07) is 9.65. The van der Waals surface area contributed by atoms with Gasteiger partial charge < -0.3 is 34.7 Å². The van der Waals surface area contributed by atoms with E-state index in [4.69, 9.17) is 29.0 Å². The van der Waals surface area contributed by atoms with Gasteiger partial charge in [-0.25, -0.2) is 18.3 Å². The molecule has 16 nitrogen and oxygen atoms in total. The summed E-state index contributed by atoms with van der Waals surface area (Å²) in [6.45, 7) is 3.43. The van der Waals surface area contributed by atoms with E-state index in [1.807, 2.05) is 0 Å². The monoisotopic (exact) mass is 743 g/mol. The number of aliphatic hydroxyl groups is 2. The van der Waals surface area contributed by atoms with E-state index in [9.17, 15) is 28.4 Å². The average Bonchev–Trinajstić information content (AvgIpc) is 3.61. The molecule has 0 radical (unpaired) electrons. The summed E-state index contributed by atoms with van der Waals surface area (Å²) in [4.78, 5) is 30.0. The van der Waals surface area contributed by atoms with Crippen molar-refractivity contribution in [2.24, 2.45) is 5.92 Å². The fourth-order valence-corrected chi connectivity index (χ4v) is 7.29. The first-order valence-electron chi connectivity index (χ1n) is 16.0. The number of carbonyl (C=O) groups is 1. The minimum Gasteiger partial charge on any atom is -0.479 e. The average molecular weight is 744 g/mol. The fourth-order valence-electron chi connectivity index (χ4n) is 5.63. The van der Waals surface area contributed by atoms with Crippen molar-refractivity contribution in [2.75, 3.05) is 19.5 Å². The summed E-state index contributed by atoms with van der Waals surface area (Å²) in [5.41, 5.74) is 4.78. The van der Waals surface area contributed by atoms with E-state index in [0.717, 1.165) is 12.1 Å². The number of pyridine rings is 1. The molecule has 0 bridgehead atoms. The third-order valence-electron chi connectivity index (χ3n) is 8.42. The smallest absolute Gasteiger partial charge is 0.459 e. The first-order chi connectivity index (χ1) is 24.7. The number of aliphatic hydroxyl groups excluding tert-OH is 1. The second kappa shape index (κ2) is 14.7. The molecule has 19 heteroatoms. The van der Waals surface area contributed by atoms with Gasteiger partial charge in [0.1, 0.15) is 47.8 Å². The van der Waals surface area contributed by atoms with Crippen LogP contribution in [0.3, 0.4) is 0 Å². The van der Waals surface area contributed by atoms with Crippen LogP contribution >= 0.6 is 7.75 Å². The summed E-state index contributed by atoms with van der Waals surface area (Å²) in [7, 11) is -3.22. The second-order valence-electron chi connectivity index (χ2n) is 12.5. The van der Waals surface area contributed by atoms with E-state index in [2.05, 4.69) is 25.0 Å². The quantitative estimate of drug-likeness (QED) is 0.0997. The van der Waals surface area contributed by atoms with Gasteiger partial charge in [0.05, 0.1) is 25.6 Å². The van der Waals surface area contributed by atoms with Crippen LogP contribution in [0.25, 0.3) is 22.1 Å². The number of nitrogens with two attached hydrogens (primary N) is 1. The Labute approximate surface area is 295 Å². The highest BCUT2D eigenvalue weighted by atomic mass is 31.2. The number of fused-ring (bicyclic) bond motifs is 2. The predicted octanol–water partition coefficient (Wildman–Crippen LogP) is 3.81. The van der Waals surface area contributed by atoms with Crippen molar-refractivity contribution in [2.45, 2.75) is 57.5 Å². The summed E-state index contributed by atoms with van der Waals surface area (Å²) in [6.07, 6.45) is -1.32. The van der Waals surface area contributed by atoms with Crippen molar-refractivity contribution in [3.8, 4) is 11.6 Å². The van der Waals surface area contributed by atoms with E-state index < -0.39 is 74.6 Å². The van der Waals surface area contributed by atoms with Gasteiger partial charge in [-0.3, -0.25) is 18.9 Å². The molecule has 0 aliphatic carbocycles. The maximum absolute atomic E-state index is 14.6. The molecular weight excluding hydrogens is 707 g/mol. The van der Waals surface area contributed by atoms with Crippen LogP contribution in [0, 0.1) is 17.6 Å². The van der Waals surface area contributed by atoms with Crippen LogP contribution < -0.4 is 20.1 Å². The lowest BCUT2D eigenvalue weighted by Gasteiger charge is -2.28. The number of nitrogens with one attached hydrogen (secondary N) is 1. The van der Waals surface area contributed by atoms with E-state index in [0.29, 0.717) is 17.0 Å². The third-order valence-corrected chi connectivity index (χ3v) is 9.95. The van der Waals surface area contributed by atoms with Gasteiger partial charge in [-0.1, -0.05) is 19.9 Å². The van der Waals surface area contributed by atoms with E-state index in [-0.39, 0.29) is 34.3 Å². The zero-order valence-electron chi connectivity index (χ0n) is 28.3. The van der Waals surface area contributed by atoms with Gasteiger partial charge >= 0.3 is 13.7 Å². The van der Waals surface area contributed by atoms with Gasteiger partial charge in [0.15, 0.2) is 17.4 Å². The molecule has 1 aliphatic rings. The molecule has 1 aliphatic heterocycles. The van der Waals surface area contributed by atoms with Crippen molar-refractivity contribution >= 4 is 41.7 Å². The zero-order valence-corrected chi connectivity index (χ0v) is 29.2. The number of methoxy groups -OCH3 is 1. The van der Waals surface area contributed by atoms with Gasteiger partial charge in [0.25, 0.3) is 0 Å². The van der Waals surface area contributed by atoms with E-state index >= 15 is 0 Å². The number of anilines is 1. The number of imidazole rings is 1. The molecule has 1 saturated heterocycles. The van der Waals surface area contributed by atoms with E-state index in [1.54, 1.807) is 44.3 Å². The Morgan fingerprint density at radius 1 is 1.17 bits per heavy atom. The maximum atomic E-state index is 14.6. The van der Waals surface area contributed by atoms with Gasteiger partial charge in [-0.05, 0) is 49.2 Å². The molecule has 52 heavy (non-hydrogen) atoms. The highest BCUT2D eigenvalue weighted by Crippen LogP contribution is 2.48. The fraction of sp³-hybridized carbons (Fsp3) is 0.364. The Morgan fingerprint density at radius 2 is 1.96 bits per heavy atom. The number of carbonyl (C=O) groups excluding carboxylic acids is 1. The summed E-state index contributed by atoms with van der Waals surface area (Å²) < 4.78 is 71.9. The number of aromatic nitrogens is 5. The summed E-state index contributed by atoms with van der Waals surface area (Å²) in [5, 5.41) is 26.0. The van der Waals surface area contributed by atoms with Crippen molar-refractivity contribution in [3.05, 3.63) is 78.3 Å². The SMILES string of the molecule is COc1nc(N)nc2c1ncn2C1O[C@H](COP(=O)(NC(C(=O)OCc2ccc(F)cc2F)C(C)C)Oc2ccc3ncccc3c2)[C@@H](O)[C@@]1(C)O. The van der Waals surface area contributed by atoms with Crippen molar-refractivity contribution in [3.63, 3.8) is 0 Å². The Morgan fingerprint density at radius 3 is 2.69 bits per heavy atom. The lowest BCUT2D eigenvalue weighted by Crippen LogP contribution is -2.45. The number of benzene rings is 2. The van der Waals surface area contributed by atoms with Crippen LogP contribution in [-0.2, 0) is 30.0 Å². The molecule has 3 unspecified atom stereocenters. The van der Waals surface area contributed by atoms with Crippen LogP contribution in [-0.4, -0.2) is 78.3 Å². The number of hydrogen-bond donors (Lipinski definition) is 4. The molecule has 5 aromatic rings. The summed E-state index contributed by atoms with van der Waals surface area (Å²) >= 11 is 0. The number of hydrogen-bond acceptors (Lipinski definition) is 14. The number of nitrogen functional groups attached to an aromatic ring is 1. The lowest BCUT2D eigenvalue weighted by atomic mass is 9.96. The molecule has 6 atom stereocenters. The zero-order chi connectivity index (χ0) is 37.4. The van der Waals surface area contributed by atoms with Gasteiger partial charge in [0, 0.05) is 23.2 Å². The second-order valence-corrected chi connectivity index (χ2v) is 14.2. The number of rotatable bonds is 13. The van der Waals surface area contributed by atoms with Crippen LogP contribution in [0.5, 0.6) is 11.6 Å². The van der Waals surface area contributed by atoms with Crippen LogP contribution in [0.4, 0.5) is 14.7 Å². The predicted molar refractivity (Wildman–Crippen MR) is 181 cm³/mol. The van der Waals surface area contributed by atoms with Crippen molar-refractivity contribution in [1.29, 1.82) is 0 Å². The molecule has 0 amide bonds. The molecule has 5 N–H and O–H groups in total. The third kappa shape index (κ3) is 7.53. The normalized spacial score (nSPS) is 22.1. The van der Waals surface area contributed by atoms with Gasteiger partial charge in [0.2, 0.25) is 11.8 Å². The molecule has 276 valence electrons. The maximum Gasteiger partial charge on any atom is 0.459 e. The Kier molecular flexibility index (Phi) is 10.4. The van der Waals surface area contributed by atoms with Crippen molar-refractivity contribution in [1.82, 2.24) is 29.6 Å². The number of halogens is 2. The van der Waals surface area contributed by atoms with Gasteiger partial charge in [-0.15, -0.1) is 0 Å². The minimum atomic E-state index is -4.59. The van der Waals surface area contributed by atoms with E-state index in [1.165, 1.54) is 31.0 Å². The molecule has 2 aromatic carbocycles. The largest absolute Gasteiger partial charge is 0.479 e. The molecule has 0 spiro atoms. The number of ether oxygens (including phenoxy) is 3. The first kappa shape index (κ1) is 36.9. The highest BCUT2D eigenvalue weighted by molar-refractivity contribution is 7.52. The standard InChI is InChI=1S/C33H36F2N7O9P/c1-17(2)25(30(44)48-14-19-7-8-20(34)13-22(19)35)41-52(46,51-21-9-10-23-18(12-21)6-5-11-37-23)49-15-24-27(43)33(3,45)31(50-24)42-16-38-26-28(42)39-32(36)40-29(26)47-4/h5-13,16-17,24-25,27,31,43,45H,14-15H2,1-4H3,(H,41,46)(H2,36,39,40)/t24-,25?,27-,31?,33-,52?/m1/s1. The summed E-state index contributed by atoms with van der Waals surface area (Å²) in [5.74, 6) is -3.20. The Hall–Kier alpha value is -4.84. The lowest BCUT2D eigenvalue weighted by molar-refractivity contribution is -0.148. The molecule has 6 rings (SSSR count). The van der Waals surface area contributed by atoms with Crippen LogP contribution in [0.15, 0.2) is 61.1 Å². The molecule has 1 fully saturated rings. The topological polar surface area (TPSA) is 215 Å². The number of nitrogens with zero attached hydrogens (tertiary/aromatic N) is 5. The molecular formula is C33H36F2N7O9P.